The lowest BCUT2D eigenvalue weighted by atomic mass is 10.1. The van der Waals surface area contributed by atoms with Gasteiger partial charge in [-0.05, 0) is 24.1 Å². The van der Waals surface area contributed by atoms with E-state index < -0.39 is 0 Å². The summed E-state index contributed by atoms with van der Waals surface area (Å²) in [5.41, 5.74) is 3.57. The third kappa shape index (κ3) is 1.83. The van der Waals surface area contributed by atoms with Crippen LogP contribution in [0, 0.1) is 6.92 Å². The second-order valence-electron chi connectivity index (χ2n) is 3.14. The quantitative estimate of drug-likeness (QED) is 0.677. The Bertz CT molecular complexity index is 362. The molecule has 0 aliphatic carbocycles. The Labute approximate surface area is 81.8 Å². The highest BCUT2D eigenvalue weighted by Gasteiger charge is 2.13. The molecule has 1 nitrogen and oxygen atoms in total. The zero-order valence-corrected chi connectivity index (χ0v) is 8.23. The van der Waals surface area contributed by atoms with Gasteiger partial charge in [0.25, 0.3) is 0 Å². The minimum Gasteiger partial charge on any atom is -0.282 e. The van der Waals surface area contributed by atoms with E-state index in [4.69, 9.17) is 0 Å². The summed E-state index contributed by atoms with van der Waals surface area (Å²) in [5.74, 6) is 0.821. The van der Waals surface area contributed by atoms with Crippen LogP contribution in [0.3, 0.4) is 0 Å². The molecule has 1 aliphatic rings. The SMILES string of the molecule is Cc1ccc(C2=CC(=O)SC2)cc1. The Kier molecular flexibility index (Phi) is 2.23. The van der Waals surface area contributed by atoms with E-state index in [0.717, 1.165) is 11.3 Å². The molecule has 0 radical (unpaired) electrons. The standard InChI is InChI=1S/C11H10OS/c1-8-2-4-9(5-3-8)10-6-11(12)13-7-10/h2-6H,7H2,1H3. The van der Waals surface area contributed by atoms with Gasteiger partial charge in [-0.2, -0.15) is 0 Å². The molecule has 0 atom stereocenters. The third-order valence-corrected chi connectivity index (χ3v) is 2.94. The zero-order valence-electron chi connectivity index (χ0n) is 7.41. The van der Waals surface area contributed by atoms with Crippen molar-refractivity contribution in [2.75, 3.05) is 5.75 Å². The molecule has 0 spiro atoms. The number of aryl methyl sites for hydroxylation is 1. The van der Waals surface area contributed by atoms with Gasteiger partial charge in [0.2, 0.25) is 5.12 Å². The lowest BCUT2D eigenvalue weighted by Crippen LogP contribution is -1.83. The molecule has 0 saturated carbocycles. The fourth-order valence-corrected chi connectivity index (χ4v) is 2.08. The van der Waals surface area contributed by atoms with Crippen molar-refractivity contribution in [2.24, 2.45) is 0 Å². The molecule has 0 amide bonds. The molecule has 1 aliphatic heterocycles. The van der Waals surface area contributed by atoms with Gasteiger partial charge in [0, 0.05) is 5.75 Å². The van der Waals surface area contributed by atoms with Gasteiger partial charge in [0.05, 0.1) is 0 Å². The van der Waals surface area contributed by atoms with Crippen LogP contribution in [0.1, 0.15) is 11.1 Å². The Hall–Kier alpha value is -1.02. The minimum absolute atomic E-state index is 0.176. The number of benzene rings is 1. The lowest BCUT2D eigenvalue weighted by Gasteiger charge is -2.00. The molecule has 1 aromatic rings. The highest BCUT2D eigenvalue weighted by Crippen LogP contribution is 2.27. The Morgan fingerprint density at radius 2 is 1.92 bits per heavy atom. The molecule has 0 aromatic heterocycles. The summed E-state index contributed by atoms with van der Waals surface area (Å²) >= 11 is 1.37. The molecule has 0 unspecified atom stereocenters. The number of carbonyl (C=O) groups excluding carboxylic acids is 1. The molecule has 1 aromatic carbocycles. The van der Waals surface area contributed by atoms with E-state index in [0.29, 0.717) is 0 Å². The van der Waals surface area contributed by atoms with Crippen LogP contribution in [-0.2, 0) is 4.79 Å². The van der Waals surface area contributed by atoms with Crippen LogP contribution in [0.2, 0.25) is 0 Å². The minimum atomic E-state index is 0.176. The average molecular weight is 190 g/mol. The van der Waals surface area contributed by atoms with Crippen LogP contribution in [0.5, 0.6) is 0 Å². The first-order valence-corrected chi connectivity index (χ1v) is 5.18. The van der Waals surface area contributed by atoms with Gasteiger partial charge < -0.3 is 0 Å². The summed E-state index contributed by atoms with van der Waals surface area (Å²) in [4.78, 5) is 11.0. The van der Waals surface area contributed by atoms with Crippen molar-refractivity contribution in [1.29, 1.82) is 0 Å². The van der Waals surface area contributed by atoms with Gasteiger partial charge in [-0.3, -0.25) is 4.79 Å². The molecule has 0 saturated heterocycles. The van der Waals surface area contributed by atoms with Crippen molar-refractivity contribution in [3.05, 3.63) is 41.5 Å². The van der Waals surface area contributed by atoms with E-state index in [9.17, 15) is 4.79 Å². The number of rotatable bonds is 1. The van der Waals surface area contributed by atoms with Crippen LogP contribution in [0.25, 0.3) is 5.57 Å². The number of hydrogen-bond acceptors (Lipinski definition) is 2. The molecule has 0 N–H and O–H groups in total. The van der Waals surface area contributed by atoms with Gasteiger partial charge >= 0.3 is 0 Å². The van der Waals surface area contributed by atoms with Crippen LogP contribution in [-0.4, -0.2) is 10.9 Å². The average Bonchev–Trinajstić information content (AvgIpc) is 2.53. The molecule has 13 heavy (non-hydrogen) atoms. The van der Waals surface area contributed by atoms with E-state index in [1.165, 1.54) is 22.9 Å². The van der Waals surface area contributed by atoms with Gasteiger partial charge in [-0.1, -0.05) is 41.6 Å². The summed E-state index contributed by atoms with van der Waals surface area (Å²) < 4.78 is 0. The van der Waals surface area contributed by atoms with Gasteiger partial charge in [0.15, 0.2) is 0 Å². The van der Waals surface area contributed by atoms with Gasteiger partial charge in [-0.25, -0.2) is 0 Å². The predicted octanol–water partition coefficient (Wildman–Crippen LogP) is 2.65. The highest BCUT2D eigenvalue weighted by molar-refractivity contribution is 8.14. The van der Waals surface area contributed by atoms with Crippen molar-refractivity contribution >= 4 is 22.5 Å². The molecule has 0 fully saturated rings. The third-order valence-electron chi connectivity index (χ3n) is 2.08. The first-order valence-electron chi connectivity index (χ1n) is 4.20. The van der Waals surface area contributed by atoms with Crippen LogP contribution in [0.15, 0.2) is 30.3 Å². The smallest absolute Gasteiger partial charge is 0.212 e. The summed E-state index contributed by atoms with van der Waals surface area (Å²) in [7, 11) is 0. The number of carbonyl (C=O) groups is 1. The topological polar surface area (TPSA) is 17.1 Å². The van der Waals surface area contributed by atoms with E-state index in [1.807, 2.05) is 0 Å². The van der Waals surface area contributed by atoms with Crippen molar-refractivity contribution < 1.29 is 4.79 Å². The maximum Gasteiger partial charge on any atom is 0.212 e. The van der Waals surface area contributed by atoms with Crippen molar-refractivity contribution in [1.82, 2.24) is 0 Å². The molecule has 0 bridgehead atoms. The van der Waals surface area contributed by atoms with E-state index in [2.05, 4.69) is 31.2 Å². The van der Waals surface area contributed by atoms with Crippen LogP contribution in [0.4, 0.5) is 0 Å². The monoisotopic (exact) mass is 190 g/mol. The molecular formula is C11H10OS. The largest absolute Gasteiger partial charge is 0.282 e. The van der Waals surface area contributed by atoms with Crippen molar-refractivity contribution in [3.8, 4) is 0 Å². The first-order chi connectivity index (χ1) is 6.25. The normalized spacial score (nSPS) is 16.1. The molecule has 66 valence electrons. The molecule has 2 heteroatoms. The second-order valence-corrected chi connectivity index (χ2v) is 4.12. The van der Waals surface area contributed by atoms with E-state index >= 15 is 0 Å². The molecule has 1 heterocycles. The number of thioether (sulfide) groups is 1. The fraction of sp³-hybridized carbons (Fsp3) is 0.182. The lowest BCUT2D eigenvalue weighted by molar-refractivity contribution is -0.106. The fourth-order valence-electron chi connectivity index (χ4n) is 1.31. The predicted molar refractivity (Wildman–Crippen MR) is 56.6 cm³/mol. The summed E-state index contributed by atoms with van der Waals surface area (Å²) in [6.45, 7) is 2.06. The first kappa shape index (κ1) is 8.57. The van der Waals surface area contributed by atoms with Gasteiger partial charge in [0.1, 0.15) is 0 Å². The van der Waals surface area contributed by atoms with E-state index in [1.54, 1.807) is 6.08 Å². The Morgan fingerprint density at radius 3 is 2.46 bits per heavy atom. The van der Waals surface area contributed by atoms with Gasteiger partial charge in [-0.15, -0.1) is 0 Å². The van der Waals surface area contributed by atoms with Crippen LogP contribution < -0.4 is 0 Å². The van der Waals surface area contributed by atoms with Crippen LogP contribution >= 0.6 is 11.8 Å². The summed E-state index contributed by atoms with van der Waals surface area (Å²) in [5, 5.41) is 0.176. The summed E-state index contributed by atoms with van der Waals surface area (Å²) in [6.07, 6.45) is 1.73. The second kappa shape index (κ2) is 3.38. The maximum atomic E-state index is 11.0. The zero-order chi connectivity index (χ0) is 9.26. The Balaban J connectivity index is 2.31. The van der Waals surface area contributed by atoms with Crippen molar-refractivity contribution in [2.45, 2.75) is 6.92 Å². The Morgan fingerprint density at radius 1 is 1.23 bits per heavy atom. The van der Waals surface area contributed by atoms with Crippen molar-refractivity contribution in [3.63, 3.8) is 0 Å². The van der Waals surface area contributed by atoms with E-state index in [-0.39, 0.29) is 5.12 Å². The summed E-state index contributed by atoms with van der Waals surface area (Å²) in [6, 6.07) is 8.29. The molecular weight excluding hydrogens is 180 g/mol. The molecule has 2 rings (SSSR count). The highest BCUT2D eigenvalue weighted by atomic mass is 32.2. The maximum absolute atomic E-state index is 11.0. The number of hydrogen-bond donors (Lipinski definition) is 0.